The molecule has 0 spiro atoms. The van der Waals surface area contributed by atoms with E-state index in [1.807, 2.05) is 32.0 Å². The van der Waals surface area contributed by atoms with Gasteiger partial charge in [-0.25, -0.2) is 8.42 Å². The predicted molar refractivity (Wildman–Crippen MR) is 138 cm³/mol. The normalized spacial score (nSPS) is 17.1. The number of amides is 2. The van der Waals surface area contributed by atoms with Gasteiger partial charge in [0.05, 0.1) is 4.90 Å². The number of hydrogen-bond donors (Lipinski definition) is 1. The number of halogens is 1. The van der Waals surface area contributed by atoms with Gasteiger partial charge in [0.2, 0.25) is 21.8 Å². The number of hydrogen-bond acceptors (Lipinski definition) is 4. The van der Waals surface area contributed by atoms with Crippen LogP contribution in [0.1, 0.15) is 63.1 Å². The summed E-state index contributed by atoms with van der Waals surface area (Å²) >= 11 is 6.41. The van der Waals surface area contributed by atoms with Crippen molar-refractivity contribution in [2.45, 2.75) is 63.9 Å². The van der Waals surface area contributed by atoms with Crippen LogP contribution < -0.4 is 5.32 Å². The van der Waals surface area contributed by atoms with E-state index >= 15 is 0 Å². The van der Waals surface area contributed by atoms with E-state index in [4.69, 9.17) is 11.6 Å². The molecular formula is C26H34ClN3O4S. The van der Waals surface area contributed by atoms with Crippen molar-refractivity contribution in [1.29, 1.82) is 0 Å². The third kappa shape index (κ3) is 6.23. The van der Waals surface area contributed by atoms with Gasteiger partial charge in [-0.3, -0.25) is 9.59 Å². The Morgan fingerprint density at radius 2 is 1.60 bits per heavy atom. The topological polar surface area (TPSA) is 86.8 Å². The molecule has 35 heavy (non-hydrogen) atoms. The summed E-state index contributed by atoms with van der Waals surface area (Å²) in [6, 6.07) is 11.4. The summed E-state index contributed by atoms with van der Waals surface area (Å²) < 4.78 is 28.2. The maximum Gasteiger partial charge on any atom is 0.243 e. The fraction of sp³-hybridized carbons (Fsp3) is 0.462. The molecule has 7 nitrogen and oxygen atoms in total. The Kier molecular flexibility index (Phi) is 8.62. The Hall–Kier alpha value is -2.42. The standard InChI is InChI=1S/C26H34ClN3O4S/c1-17(2)20-8-10-23(11-9-20)35(33,34)30-13-12-29(19(5)31)16-25(30)26(32)28-15-22-7-6-21(18(3)4)14-24(22)27/h6-11,14,17-18,25H,12-13,15-16H2,1-5H3,(H,28,32)/t25-/m1/s1. The van der Waals surface area contributed by atoms with Gasteiger partial charge in [-0.1, -0.05) is 63.6 Å². The SMILES string of the molecule is CC(=O)N1CCN(S(=O)(=O)c2ccc(C(C)C)cc2)[C@@H](C(=O)NCc2ccc(C(C)C)cc2Cl)C1. The van der Waals surface area contributed by atoms with Crippen LogP contribution in [0.15, 0.2) is 47.4 Å². The lowest BCUT2D eigenvalue weighted by atomic mass is 10.0. The molecule has 190 valence electrons. The smallest absolute Gasteiger partial charge is 0.243 e. The number of sulfonamides is 1. The van der Waals surface area contributed by atoms with E-state index in [9.17, 15) is 18.0 Å². The average molecular weight is 520 g/mol. The first kappa shape index (κ1) is 27.2. The molecule has 9 heteroatoms. The van der Waals surface area contributed by atoms with Crippen molar-refractivity contribution in [3.63, 3.8) is 0 Å². The highest BCUT2D eigenvalue weighted by atomic mass is 35.5. The lowest BCUT2D eigenvalue weighted by Gasteiger charge is -2.39. The minimum absolute atomic E-state index is 0.00943. The second-order valence-electron chi connectivity index (χ2n) is 9.54. The molecule has 2 aromatic carbocycles. The summed E-state index contributed by atoms with van der Waals surface area (Å²) in [5, 5.41) is 3.37. The second kappa shape index (κ2) is 11.1. The molecule has 0 bridgehead atoms. The molecule has 2 amide bonds. The molecule has 1 aliphatic heterocycles. The van der Waals surface area contributed by atoms with Crippen LogP contribution in [-0.2, 0) is 26.2 Å². The third-order valence-electron chi connectivity index (χ3n) is 6.43. The summed E-state index contributed by atoms with van der Waals surface area (Å²) in [5.41, 5.74) is 2.86. The van der Waals surface area contributed by atoms with Crippen LogP contribution in [0.3, 0.4) is 0 Å². The van der Waals surface area contributed by atoms with Crippen molar-refractivity contribution in [1.82, 2.24) is 14.5 Å². The number of carbonyl (C=O) groups is 2. The Bertz CT molecular complexity index is 1180. The first-order chi connectivity index (χ1) is 16.4. The number of piperazine rings is 1. The lowest BCUT2D eigenvalue weighted by molar-refractivity contribution is -0.134. The van der Waals surface area contributed by atoms with Gasteiger partial charge in [-0.2, -0.15) is 4.31 Å². The van der Waals surface area contributed by atoms with Crippen molar-refractivity contribution in [2.24, 2.45) is 0 Å². The van der Waals surface area contributed by atoms with E-state index in [0.29, 0.717) is 10.9 Å². The van der Waals surface area contributed by atoms with E-state index in [0.717, 1.165) is 16.7 Å². The maximum atomic E-state index is 13.5. The van der Waals surface area contributed by atoms with E-state index in [1.165, 1.54) is 16.1 Å². The summed E-state index contributed by atoms with van der Waals surface area (Å²) in [7, 11) is -3.95. The fourth-order valence-corrected chi connectivity index (χ4v) is 5.91. The molecule has 1 N–H and O–H groups in total. The Labute approximate surface area is 213 Å². The monoisotopic (exact) mass is 519 g/mol. The highest BCUT2D eigenvalue weighted by Crippen LogP contribution is 2.25. The molecule has 2 aromatic rings. The molecule has 0 saturated carbocycles. The van der Waals surface area contributed by atoms with Gasteiger partial charge in [-0.15, -0.1) is 0 Å². The van der Waals surface area contributed by atoms with Gasteiger partial charge in [0, 0.05) is 38.1 Å². The maximum absolute atomic E-state index is 13.5. The zero-order chi connectivity index (χ0) is 25.9. The molecule has 0 radical (unpaired) electrons. The predicted octanol–water partition coefficient (Wildman–Crippen LogP) is 4.12. The summed E-state index contributed by atoms with van der Waals surface area (Å²) in [4.78, 5) is 26.9. The molecule has 1 saturated heterocycles. The molecule has 1 atom stereocenters. The highest BCUT2D eigenvalue weighted by Gasteiger charge is 2.40. The second-order valence-corrected chi connectivity index (χ2v) is 11.8. The zero-order valence-corrected chi connectivity index (χ0v) is 22.5. The van der Waals surface area contributed by atoms with Crippen LogP contribution in [0.4, 0.5) is 0 Å². The van der Waals surface area contributed by atoms with Gasteiger partial charge in [0.1, 0.15) is 6.04 Å². The van der Waals surface area contributed by atoms with Crippen LogP contribution in [0.5, 0.6) is 0 Å². The first-order valence-corrected chi connectivity index (χ1v) is 13.7. The van der Waals surface area contributed by atoms with Gasteiger partial charge in [0.15, 0.2) is 0 Å². The van der Waals surface area contributed by atoms with E-state index < -0.39 is 22.0 Å². The Morgan fingerprint density at radius 1 is 1.00 bits per heavy atom. The molecule has 1 heterocycles. The Balaban J connectivity index is 1.83. The van der Waals surface area contributed by atoms with Gasteiger partial charge < -0.3 is 10.2 Å². The Morgan fingerprint density at radius 3 is 2.14 bits per heavy atom. The van der Waals surface area contributed by atoms with Gasteiger partial charge in [0.25, 0.3) is 0 Å². The average Bonchev–Trinajstić information content (AvgIpc) is 2.82. The van der Waals surface area contributed by atoms with Crippen molar-refractivity contribution in [3.05, 3.63) is 64.2 Å². The number of nitrogens with one attached hydrogen (secondary N) is 1. The van der Waals surface area contributed by atoms with Crippen molar-refractivity contribution >= 4 is 33.4 Å². The number of nitrogens with zero attached hydrogens (tertiary/aromatic N) is 2. The van der Waals surface area contributed by atoms with Crippen LogP contribution in [-0.4, -0.2) is 55.1 Å². The van der Waals surface area contributed by atoms with E-state index in [1.54, 1.807) is 24.3 Å². The first-order valence-electron chi connectivity index (χ1n) is 11.8. The minimum atomic E-state index is -3.95. The van der Waals surface area contributed by atoms with Crippen molar-refractivity contribution < 1.29 is 18.0 Å². The van der Waals surface area contributed by atoms with Gasteiger partial charge in [-0.05, 0) is 46.7 Å². The van der Waals surface area contributed by atoms with Crippen molar-refractivity contribution in [2.75, 3.05) is 19.6 Å². The van der Waals surface area contributed by atoms with Crippen LogP contribution >= 0.6 is 11.6 Å². The largest absolute Gasteiger partial charge is 0.351 e. The molecule has 0 unspecified atom stereocenters. The lowest BCUT2D eigenvalue weighted by Crippen LogP contribution is -2.61. The number of rotatable bonds is 7. The molecule has 3 rings (SSSR count). The molecular weight excluding hydrogens is 486 g/mol. The molecule has 0 aliphatic carbocycles. The quantitative estimate of drug-likeness (QED) is 0.596. The molecule has 1 fully saturated rings. The number of carbonyl (C=O) groups excluding carboxylic acids is 2. The van der Waals surface area contributed by atoms with Gasteiger partial charge >= 0.3 is 0 Å². The van der Waals surface area contributed by atoms with E-state index in [2.05, 4.69) is 19.2 Å². The van der Waals surface area contributed by atoms with Crippen LogP contribution in [0, 0.1) is 0 Å². The van der Waals surface area contributed by atoms with E-state index in [-0.39, 0.29) is 42.9 Å². The summed E-state index contributed by atoms with van der Waals surface area (Å²) in [6.45, 7) is 10.0. The zero-order valence-electron chi connectivity index (χ0n) is 20.9. The minimum Gasteiger partial charge on any atom is -0.351 e. The summed E-state index contributed by atoms with van der Waals surface area (Å²) in [5.74, 6) is -0.0779. The van der Waals surface area contributed by atoms with Crippen LogP contribution in [0.25, 0.3) is 0 Å². The highest BCUT2D eigenvalue weighted by molar-refractivity contribution is 7.89. The number of benzene rings is 2. The molecule has 1 aliphatic rings. The van der Waals surface area contributed by atoms with Crippen LogP contribution in [0.2, 0.25) is 5.02 Å². The third-order valence-corrected chi connectivity index (χ3v) is 8.70. The fourth-order valence-electron chi connectivity index (χ4n) is 4.08. The summed E-state index contributed by atoms with van der Waals surface area (Å²) in [6.07, 6.45) is 0. The van der Waals surface area contributed by atoms with Crippen molar-refractivity contribution in [3.8, 4) is 0 Å². The molecule has 0 aromatic heterocycles.